The molecule has 1 heteroatoms. The first kappa shape index (κ1) is 14.0. The monoisotopic (exact) mass is 199 g/mol. The summed E-state index contributed by atoms with van der Waals surface area (Å²) in [6, 6.07) is 0. The minimum absolute atomic E-state index is 0.268. The summed E-state index contributed by atoms with van der Waals surface area (Å²) in [6.45, 7) is 17.3. The Labute approximate surface area is 90.7 Å². The van der Waals surface area contributed by atoms with Crippen molar-refractivity contribution in [2.75, 3.05) is 6.54 Å². The fourth-order valence-corrected chi connectivity index (χ4v) is 1.87. The minimum Gasteiger partial charge on any atom is -0.312 e. The van der Waals surface area contributed by atoms with Gasteiger partial charge in [-0.15, -0.1) is 0 Å². The molecule has 1 nitrogen and oxygen atoms in total. The molecule has 0 heterocycles. The minimum atomic E-state index is 0.268. The highest BCUT2D eigenvalue weighted by atomic mass is 14.9. The van der Waals surface area contributed by atoms with Crippen LogP contribution in [-0.4, -0.2) is 12.1 Å². The topological polar surface area (TPSA) is 12.0 Å². The molecule has 0 spiro atoms. The van der Waals surface area contributed by atoms with Crippen LogP contribution in [0.15, 0.2) is 0 Å². The maximum Gasteiger partial charge on any atom is 0.0130 e. The molecule has 0 aromatic carbocycles. The normalized spacial score (nSPS) is 13.7. The van der Waals surface area contributed by atoms with E-state index in [0.29, 0.717) is 5.41 Å². The van der Waals surface area contributed by atoms with Crippen LogP contribution in [0.4, 0.5) is 0 Å². The van der Waals surface area contributed by atoms with E-state index >= 15 is 0 Å². The summed E-state index contributed by atoms with van der Waals surface area (Å²) in [5.41, 5.74) is 0.689. The molecule has 0 aliphatic heterocycles. The van der Waals surface area contributed by atoms with Gasteiger partial charge in [-0.25, -0.2) is 0 Å². The molecule has 0 bridgehead atoms. The van der Waals surface area contributed by atoms with Gasteiger partial charge in [-0.05, 0) is 44.6 Å². The van der Waals surface area contributed by atoms with E-state index in [9.17, 15) is 0 Å². The van der Waals surface area contributed by atoms with Gasteiger partial charge in [0, 0.05) is 5.54 Å². The Hall–Kier alpha value is -0.0400. The molecule has 0 aliphatic carbocycles. The molecule has 0 aliphatic rings. The summed E-state index contributed by atoms with van der Waals surface area (Å²) in [6.07, 6.45) is 2.45. The van der Waals surface area contributed by atoms with E-state index < -0.39 is 0 Å². The second kappa shape index (κ2) is 5.16. The molecule has 0 radical (unpaired) electrons. The smallest absolute Gasteiger partial charge is 0.0130 e. The Morgan fingerprint density at radius 2 is 1.57 bits per heavy atom. The zero-order valence-corrected chi connectivity index (χ0v) is 11.2. The second-order valence-corrected chi connectivity index (χ2v) is 6.13. The van der Waals surface area contributed by atoms with Gasteiger partial charge in [-0.1, -0.05) is 34.6 Å². The molecule has 0 amide bonds. The summed E-state index contributed by atoms with van der Waals surface area (Å²) in [7, 11) is 0. The molecular formula is C13H29N. The van der Waals surface area contributed by atoms with Crippen molar-refractivity contribution in [1.29, 1.82) is 0 Å². The van der Waals surface area contributed by atoms with Crippen LogP contribution < -0.4 is 5.32 Å². The lowest BCUT2D eigenvalue weighted by molar-refractivity contribution is 0.162. The van der Waals surface area contributed by atoms with E-state index in [0.717, 1.165) is 12.5 Å². The predicted molar refractivity (Wildman–Crippen MR) is 65.6 cm³/mol. The van der Waals surface area contributed by atoms with E-state index in [2.05, 4.69) is 53.8 Å². The zero-order valence-electron chi connectivity index (χ0n) is 11.2. The molecule has 0 saturated heterocycles. The van der Waals surface area contributed by atoms with Crippen LogP contribution >= 0.6 is 0 Å². The van der Waals surface area contributed by atoms with E-state index in [-0.39, 0.29) is 5.54 Å². The average Bonchev–Trinajstić information content (AvgIpc) is 1.99. The van der Waals surface area contributed by atoms with E-state index in [1.165, 1.54) is 12.8 Å². The summed E-state index contributed by atoms with van der Waals surface area (Å²) >= 11 is 0. The summed E-state index contributed by atoms with van der Waals surface area (Å²) < 4.78 is 0. The lowest BCUT2D eigenvalue weighted by Crippen LogP contribution is -2.44. The second-order valence-electron chi connectivity index (χ2n) is 6.13. The third kappa shape index (κ3) is 4.99. The van der Waals surface area contributed by atoms with Crippen LogP contribution in [0, 0.1) is 11.3 Å². The van der Waals surface area contributed by atoms with Crippen LogP contribution in [0.25, 0.3) is 0 Å². The molecule has 0 unspecified atom stereocenters. The quantitative estimate of drug-likeness (QED) is 0.685. The Morgan fingerprint density at radius 3 is 1.93 bits per heavy atom. The lowest BCUT2D eigenvalue weighted by Gasteiger charge is -2.38. The van der Waals surface area contributed by atoms with Crippen molar-refractivity contribution < 1.29 is 0 Å². The van der Waals surface area contributed by atoms with Crippen molar-refractivity contribution in [3.8, 4) is 0 Å². The fourth-order valence-electron chi connectivity index (χ4n) is 1.87. The molecule has 1 N–H and O–H groups in total. The fraction of sp³-hybridized carbons (Fsp3) is 1.00. The number of rotatable bonds is 6. The van der Waals surface area contributed by atoms with Gasteiger partial charge in [0.1, 0.15) is 0 Å². The molecular weight excluding hydrogens is 170 g/mol. The van der Waals surface area contributed by atoms with Gasteiger partial charge in [0.2, 0.25) is 0 Å². The molecule has 0 aromatic heterocycles. The van der Waals surface area contributed by atoms with Crippen molar-refractivity contribution in [3.63, 3.8) is 0 Å². The number of nitrogens with one attached hydrogen (secondary N) is 1. The highest BCUT2D eigenvalue weighted by Crippen LogP contribution is 2.34. The third-order valence-corrected chi connectivity index (χ3v) is 3.31. The van der Waals surface area contributed by atoms with Crippen LogP contribution in [0.1, 0.15) is 61.3 Å². The van der Waals surface area contributed by atoms with E-state index in [1.807, 2.05) is 0 Å². The van der Waals surface area contributed by atoms with Gasteiger partial charge < -0.3 is 5.32 Å². The van der Waals surface area contributed by atoms with Gasteiger partial charge >= 0.3 is 0 Å². The summed E-state index contributed by atoms with van der Waals surface area (Å²) in [5, 5.41) is 3.62. The Balaban J connectivity index is 4.19. The zero-order chi connectivity index (χ0) is 11.4. The van der Waals surface area contributed by atoms with Crippen LogP contribution in [0.3, 0.4) is 0 Å². The standard InChI is InChI=1S/C13H29N/c1-8-9-14-13(6,7)10-12(4,5)11(2)3/h11,14H,8-10H2,1-7H3. The number of hydrogen-bond acceptors (Lipinski definition) is 1. The molecule has 14 heavy (non-hydrogen) atoms. The maximum absolute atomic E-state index is 3.62. The van der Waals surface area contributed by atoms with Crippen LogP contribution in [0.2, 0.25) is 0 Å². The first-order valence-electron chi connectivity index (χ1n) is 5.96. The molecule has 86 valence electrons. The van der Waals surface area contributed by atoms with Crippen LogP contribution in [0.5, 0.6) is 0 Å². The third-order valence-electron chi connectivity index (χ3n) is 3.31. The highest BCUT2D eigenvalue weighted by Gasteiger charge is 2.30. The molecule has 0 atom stereocenters. The van der Waals surface area contributed by atoms with Gasteiger partial charge in [0.25, 0.3) is 0 Å². The Kier molecular flexibility index (Phi) is 5.14. The van der Waals surface area contributed by atoms with Gasteiger partial charge in [-0.2, -0.15) is 0 Å². The molecule has 0 aromatic rings. The predicted octanol–water partition coefficient (Wildman–Crippen LogP) is 3.84. The van der Waals surface area contributed by atoms with Crippen molar-refractivity contribution >= 4 is 0 Å². The Bertz CT molecular complexity index is 157. The van der Waals surface area contributed by atoms with E-state index in [4.69, 9.17) is 0 Å². The van der Waals surface area contributed by atoms with Crippen molar-refractivity contribution in [1.82, 2.24) is 5.32 Å². The SMILES string of the molecule is CCCNC(C)(C)CC(C)(C)C(C)C. The molecule has 0 saturated carbocycles. The largest absolute Gasteiger partial charge is 0.312 e. The van der Waals surface area contributed by atoms with E-state index in [1.54, 1.807) is 0 Å². The van der Waals surface area contributed by atoms with Gasteiger partial charge in [-0.3, -0.25) is 0 Å². The van der Waals surface area contributed by atoms with Gasteiger partial charge in [0.15, 0.2) is 0 Å². The van der Waals surface area contributed by atoms with Crippen molar-refractivity contribution in [2.24, 2.45) is 11.3 Å². The first-order chi connectivity index (χ1) is 6.21. The summed E-state index contributed by atoms with van der Waals surface area (Å²) in [4.78, 5) is 0. The van der Waals surface area contributed by atoms with Crippen LogP contribution in [-0.2, 0) is 0 Å². The van der Waals surface area contributed by atoms with Crippen molar-refractivity contribution in [2.45, 2.75) is 66.8 Å². The lowest BCUT2D eigenvalue weighted by atomic mass is 9.72. The maximum atomic E-state index is 3.62. The highest BCUT2D eigenvalue weighted by molar-refractivity contribution is 4.86. The summed E-state index contributed by atoms with van der Waals surface area (Å²) in [5.74, 6) is 0.741. The van der Waals surface area contributed by atoms with Crippen molar-refractivity contribution in [3.05, 3.63) is 0 Å². The first-order valence-corrected chi connectivity index (χ1v) is 5.96. The number of hydrogen-bond donors (Lipinski definition) is 1. The Morgan fingerprint density at radius 1 is 1.07 bits per heavy atom. The molecule has 0 rings (SSSR count). The molecule has 0 fully saturated rings. The van der Waals surface area contributed by atoms with Gasteiger partial charge in [0.05, 0.1) is 0 Å². The average molecular weight is 199 g/mol.